The zero-order chi connectivity index (χ0) is 66.8. The molecular formula is C66H118N14O6. The molecule has 0 aliphatic carbocycles. The van der Waals surface area contributed by atoms with Crippen molar-refractivity contribution in [3.05, 3.63) is 90.5 Å². The minimum absolute atomic E-state index is 0.0383. The second kappa shape index (κ2) is 39.6. The SMILES string of the molecule is C#CCN(C)CNC(=O)C(C)(C)C.CC(C)(C)C(=O)NCNCc1ccccc1.CC(C)(C)C(=O)NCn1cccc1.CC(C)(C)NCNC(=O)C(C)(C)C.CN1CCN(C(NC(=O)C(C)(C)C)c2ccncc2)CC1.CNCNC(=O)C(C)(C)C. The number of terminal acetylenes is 1. The number of likely N-dealkylation sites (N-methyl/N-ethyl adjacent to an activating group) is 1. The molecular weight excluding hydrogens is 1080 g/mol. The fourth-order valence-corrected chi connectivity index (χ4v) is 6.24. The summed E-state index contributed by atoms with van der Waals surface area (Å²) in [5.41, 5.74) is 0.400. The summed E-state index contributed by atoms with van der Waals surface area (Å²) in [4.78, 5) is 79.8. The van der Waals surface area contributed by atoms with Crippen LogP contribution in [0.2, 0.25) is 0 Å². The van der Waals surface area contributed by atoms with Crippen LogP contribution in [0, 0.1) is 44.8 Å². The van der Waals surface area contributed by atoms with Gasteiger partial charge in [-0.15, -0.1) is 6.42 Å². The Kier molecular flexibility index (Phi) is 37.6. The van der Waals surface area contributed by atoms with Crippen LogP contribution in [0.3, 0.4) is 0 Å². The Morgan fingerprint density at radius 3 is 1.40 bits per heavy atom. The maximum Gasteiger partial charge on any atom is 0.226 e. The number of benzene rings is 1. The number of piperazine rings is 1. The molecule has 1 atom stereocenters. The average Bonchev–Trinajstić information content (AvgIpc) is 2.91. The van der Waals surface area contributed by atoms with Crippen molar-refractivity contribution in [2.75, 3.05) is 80.5 Å². The summed E-state index contributed by atoms with van der Waals surface area (Å²) in [6.45, 7) is 48.3. The number of hydrogen-bond acceptors (Lipinski definition) is 13. The lowest BCUT2D eigenvalue weighted by molar-refractivity contribution is -0.131. The zero-order valence-electron chi connectivity index (χ0n) is 57.6. The smallest absolute Gasteiger partial charge is 0.226 e. The molecule has 1 fully saturated rings. The lowest BCUT2D eigenvalue weighted by Crippen LogP contribution is -2.52. The Morgan fingerprint density at radius 2 is 0.977 bits per heavy atom. The Bertz CT molecular complexity index is 2410. The van der Waals surface area contributed by atoms with Crippen LogP contribution in [-0.4, -0.2) is 146 Å². The molecule has 1 aromatic carbocycles. The molecule has 86 heavy (non-hydrogen) atoms. The van der Waals surface area contributed by atoms with E-state index in [0.29, 0.717) is 39.9 Å². The van der Waals surface area contributed by atoms with Gasteiger partial charge in [0.25, 0.3) is 0 Å². The third kappa shape index (κ3) is 41.0. The first kappa shape index (κ1) is 81.9. The molecule has 0 radical (unpaired) electrons. The van der Waals surface area contributed by atoms with Gasteiger partial charge in [-0.2, -0.15) is 0 Å². The minimum atomic E-state index is -0.391. The second-order valence-corrected chi connectivity index (χ2v) is 28.5. The van der Waals surface area contributed by atoms with Gasteiger partial charge in [0.05, 0.1) is 39.9 Å². The summed E-state index contributed by atoms with van der Waals surface area (Å²) in [7, 11) is 5.79. The molecule has 4 rings (SSSR count). The number of amides is 6. The predicted molar refractivity (Wildman–Crippen MR) is 352 cm³/mol. The molecule has 20 nitrogen and oxygen atoms in total. The number of aromatic nitrogens is 2. The Balaban J connectivity index is 0. The fraction of sp³-hybridized carbons (Fsp3) is 0.652. The molecule has 1 saturated heterocycles. The van der Waals surface area contributed by atoms with Crippen molar-refractivity contribution in [3.63, 3.8) is 0 Å². The summed E-state index contributed by atoms with van der Waals surface area (Å²) in [6.07, 6.45) is 12.4. The number of hydrogen-bond donors (Lipinski definition) is 9. The van der Waals surface area contributed by atoms with E-state index in [2.05, 4.69) is 109 Å². The number of pyridine rings is 1. The first-order valence-electron chi connectivity index (χ1n) is 29.8. The predicted octanol–water partition coefficient (Wildman–Crippen LogP) is 7.48. The summed E-state index contributed by atoms with van der Waals surface area (Å²) in [5, 5.41) is 26.4. The van der Waals surface area contributed by atoms with Crippen molar-refractivity contribution in [1.82, 2.24) is 72.1 Å². The number of rotatable bonds is 16. The van der Waals surface area contributed by atoms with Gasteiger partial charge in [0.2, 0.25) is 35.4 Å². The number of carbonyl (C=O) groups is 6. The number of carbonyl (C=O) groups excluding carboxylic acids is 6. The first-order valence-corrected chi connectivity index (χ1v) is 29.8. The van der Waals surface area contributed by atoms with Crippen LogP contribution in [0.15, 0.2) is 79.4 Å². The summed E-state index contributed by atoms with van der Waals surface area (Å²) in [6, 6.07) is 17.9. The van der Waals surface area contributed by atoms with Crippen molar-refractivity contribution in [2.45, 2.75) is 170 Å². The molecule has 3 heterocycles. The molecule has 9 N–H and O–H groups in total. The van der Waals surface area contributed by atoms with Crippen molar-refractivity contribution < 1.29 is 28.8 Å². The van der Waals surface area contributed by atoms with Gasteiger partial charge >= 0.3 is 0 Å². The Labute approximate surface area is 520 Å². The molecule has 6 amide bonds. The normalized spacial score (nSPS) is 13.4. The molecule has 1 aliphatic heterocycles. The molecule has 2 aromatic heterocycles. The Hall–Kier alpha value is -6.21. The first-order chi connectivity index (χ1) is 39.4. The second-order valence-electron chi connectivity index (χ2n) is 28.5. The molecule has 3 aromatic rings. The largest absolute Gasteiger partial charge is 0.343 e. The third-order valence-electron chi connectivity index (χ3n) is 12.1. The van der Waals surface area contributed by atoms with Crippen LogP contribution in [0.5, 0.6) is 0 Å². The van der Waals surface area contributed by atoms with Crippen molar-refractivity contribution in [3.8, 4) is 12.3 Å². The maximum atomic E-state index is 12.4. The van der Waals surface area contributed by atoms with E-state index in [-0.39, 0.29) is 74.2 Å². The van der Waals surface area contributed by atoms with Crippen molar-refractivity contribution in [1.29, 1.82) is 0 Å². The molecule has 1 aliphatic rings. The lowest BCUT2D eigenvalue weighted by atomic mass is 9.95. The van der Waals surface area contributed by atoms with E-state index in [1.807, 2.05) is 196 Å². The van der Waals surface area contributed by atoms with E-state index >= 15 is 0 Å². The highest BCUT2D eigenvalue weighted by atomic mass is 16.2. The maximum absolute atomic E-state index is 12.4. The topological polar surface area (TPSA) is 238 Å². The van der Waals surface area contributed by atoms with E-state index in [0.717, 1.165) is 38.3 Å². The highest BCUT2D eigenvalue weighted by Crippen LogP contribution is 2.23. The van der Waals surface area contributed by atoms with E-state index < -0.39 is 5.41 Å². The van der Waals surface area contributed by atoms with Crippen LogP contribution in [-0.2, 0) is 42.0 Å². The molecule has 0 bridgehead atoms. The summed E-state index contributed by atoms with van der Waals surface area (Å²) < 4.78 is 1.92. The van der Waals surface area contributed by atoms with E-state index in [9.17, 15) is 28.8 Å². The summed E-state index contributed by atoms with van der Waals surface area (Å²) in [5.74, 6) is 2.89. The van der Waals surface area contributed by atoms with E-state index in [1.54, 1.807) is 19.4 Å². The van der Waals surface area contributed by atoms with Gasteiger partial charge in [0, 0.05) is 95.5 Å². The van der Waals surface area contributed by atoms with Crippen LogP contribution in [0.25, 0.3) is 0 Å². The van der Waals surface area contributed by atoms with Crippen molar-refractivity contribution in [2.24, 2.45) is 32.5 Å². The zero-order valence-corrected chi connectivity index (χ0v) is 57.6. The van der Waals surface area contributed by atoms with Crippen LogP contribution in [0.4, 0.5) is 0 Å². The standard InChI is InChI=1S/C16H26N4O.C13H20N2O.C10H16N2O.C10H22N2O.C10H18N2O.C7H16N2O/c1-16(2,3)15(21)18-14(13-5-7-17-8-6-13)20-11-9-19(4)10-12-20;1-13(2,3)12(16)15-10-14-9-11-7-5-4-6-8-11;1-10(2,3)9(13)11-8-12-6-4-5-7-12;1-9(2,3)8(13)11-7-12-10(4,5)6;1-6-7-12(5)8-11-9(13)10(2,3)4;1-7(2,3)6(10)9-5-8-4/h5-8,14H,9-12H2,1-4H3,(H,18,21);4-8,14H,9-10H2,1-3H3,(H,15,16);4-7H,8H2,1-3H3,(H,11,13);12H,7H2,1-6H3,(H,11,13);1H,7-8H2,2-5H3,(H,11,13);8H,5H2,1-4H3,(H,9,10). The van der Waals surface area contributed by atoms with Gasteiger partial charge in [-0.1, -0.05) is 161 Å². The minimum Gasteiger partial charge on any atom is -0.343 e. The quantitative estimate of drug-likeness (QED) is 0.0385. The molecule has 20 heteroatoms. The highest BCUT2D eigenvalue weighted by Gasteiger charge is 2.30. The average molecular weight is 1200 g/mol. The molecule has 0 spiro atoms. The van der Waals surface area contributed by atoms with Crippen LogP contribution >= 0.6 is 0 Å². The van der Waals surface area contributed by atoms with Crippen LogP contribution in [0.1, 0.15) is 163 Å². The third-order valence-corrected chi connectivity index (χ3v) is 12.1. The van der Waals surface area contributed by atoms with E-state index in [4.69, 9.17) is 6.42 Å². The van der Waals surface area contributed by atoms with Gasteiger partial charge in [-0.05, 0) is 77.3 Å². The Morgan fingerprint density at radius 1 is 0.558 bits per heavy atom. The van der Waals surface area contributed by atoms with Crippen molar-refractivity contribution >= 4 is 35.4 Å². The number of nitrogens with one attached hydrogen (secondary N) is 9. The van der Waals surface area contributed by atoms with Gasteiger partial charge in [0.15, 0.2) is 0 Å². The van der Waals surface area contributed by atoms with Gasteiger partial charge < -0.3 is 46.7 Å². The summed E-state index contributed by atoms with van der Waals surface area (Å²) >= 11 is 0. The monoisotopic (exact) mass is 1200 g/mol. The van der Waals surface area contributed by atoms with Gasteiger partial charge in [-0.3, -0.25) is 54.2 Å². The van der Waals surface area contributed by atoms with E-state index in [1.165, 1.54) is 5.56 Å². The van der Waals surface area contributed by atoms with Crippen LogP contribution < -0.4 is 47.9 Å². The molecule has 1 unspecified atom stereocenters. The van der Waals surface area contributed by atoms with Gasteiger partial charge in [0.1, 0.15) is 6.17 Å². The lowest BCUT2D eigenvalue weighted by Gasteiger charge is -2.39. The number of nitrogens with zero attached hydrogens (tertiary/aromatic N) is 5. The molecule has 488 valence electrons. The highest BCUT2D eigenvalue weighted by molar-refractivity contribution is 5.83. The fourth-order valence-electron chi connectivity index (χ4n) is 6.24. The molecule has 0 saturated carbocycles. The van der Waals surface area contributed by atoms with Gasteiger partial charge in [-0.25, -0.2) is 0 Å².